The summed E-state index contributed by atoms with van der Waals surface area (Å²) >= 11 is 0. The van der Waals surface area contributed by atoms with Crippen molar-refractivity contribution in [2.24, 2.45) is 0 Å². The van der Waals surface area contributed by atoms with Crippen LogP contribution in [0.25, 0.3) is 0 Å². The SMILES string of the molecule is CCCN(C)C(OC)OC. The molecule has 0 aliphatic heterocycles. The van der Waals surface area contributed by atoms with Gasteiger partial charge in [0.2, 0.25) is 6.41 Å². The topological polar surface area (TPSA) is 21.7 Å². The van der Waals surface area contributed by atoms with Crippen LogP contribution in [0, 0.1) is 0 Å². The molecule has 0 atom stereocenters. The van der Waals surface area contributed by atoms with Crippen LogP contribution in [0.5, 0.6) is 0 Å². The van der Waals surface area contributed by atoms with E-state index in [1.165, 1.54) is 0 Å². The molecular formula is C7H17NO2. The Hall–Kier alpha value is -0.120. The van der Waals surface area contributed by atoms with E-state index in [1.807, 2.05) is 11.9 Å². The second-order valence-electron chi connectivity index (χ2n) is 2.26. The molecule has 0 aromatic rings. The van der Waals surface area contributed by atoms with Gasteiger partial charge in [-0.1, -0.05) is 6.92 Å². The minimum atomic E-state index is -0.194. The number of hydrogen-bond donors (Lipinski definition) is 0. The van der Waals surface area contributed by atoms with E-state index in [2.05, 4.69) is 6.92 Å². The van der Waals surface area contributed by atoms with Crippen LogP contribution in [0.4, 0.5) is 0 Å². The summed E-state index contributed by atoms with van der Waals surface area (Å²) in [6.45, 7) is 3.12. The highest BCUT2D eigenvalue weighted by atomic mass is 16.7. The maximum absolute atomic E-state index is 5.02. The minimum absolute atomic E-state index is 0.194. The molecule has 0 aliphatic rings. The van der Waals surface area contributed by atoms with Gasteiger partial charge in [-0.05, 0) is 13.5 Å². The van der Waals surface area contributed by atoms with E-state index in [9.17, 15) is 0 Å². The molecule has 0 N–H and O–H groups in total. The molecule has 0 aromatic heterocycles. The van der Waals surface area contributed by atoms with E-state index in [-0.39, 0.29) is 6.41 Å². The summed E-state index contributed by atoms with van der Waals surface area (Å²) < 4.78 is 10.0. The number of hydrogen-bond acceptors (Lipinski definition) is 3. The Morgan fingerprint density at radius 2 is 1.80 bits per heavy atom. The maximum atomic E-state index is 5.02. The van der Waals surface area contributed by atoms with Crippen molar-refractivity contribution < 1.29 is 9.47 Å². The fourth-order valence-corrected chi connectivity index (χ4v) is 0.914. The molecule has 0 heterocycles. The van der Waals surface area contributed by atoms with Gasteiger partial charge in [0.15, 0.2) is 0 Å². The summed E-state index contributed by atoms with van der Waals surface area (Å²) in [7, 11) is 5.25. The molecule has 0 unspecified atom stereocenters. The summed E-state index contributed by atoms with van der Waals surface area (Å²) in [5.41, 5.74) is 0. The Kier molecular flexibility index (Phi) is 5.58. The van der Waals surface area contributed by atoms with Gasteiger partial charge < -0.3 is 9.47 Å². The first kappa shape index (κ1) is 9.88. The molecule has 0 saturated carbocycles. The molecule has 0 rings (SSSR count). The van der Waals surface area contributed by atoms with Crippen molar-refractivity contribution >= 4 is 0 Å². The smallest absolute Gasteiger partial charge is 0.217 e. The second-order valence-corrected chi connectivity index (χ2v) is 2.26. The Bertz CT molecular complexity index is 74.0. The Morgan fingerprint density at radius 3 is 2.10 bits per heavy atom. The fraction of sp³-hybridized carbons (Fsp3) is 1.00. The lowest BCUT2D eigenvalue weighted by molar-refractivity contribution is -0.187. The van der Waals surface area contributed by atoms with Crippen LogP contribution in [0.15, 0.2) is 0 Å². The highest BCUT2D eigenvalue weighted by Crippen LogP contribution is 1.97. The van der Waals surface area contributed by atoms with Crippen LogP contribution in [0.1, 0.15) is 13.3 Å². The van der Waals surface area contributed by atoms with Crippen LogP contribution in [-0.4, -0.2) is 39.1 Å². The summed E-state index contributed by atoms with van der Waals surface area (Å²) in [5.74, 6) is 0. The third kappa shape index (κ3) is 3.15. The molecule has 3 heteroatoms. The van der Waals surface area contributed by atoms with Gasteiger partial charge in [0.25, 0.3) is 0 Å². The highest BCUT2D eigenvalue weighted by molar-refractivity contribution is 4.45. The van der Waals surface area contributed by atoms with Gasteiger partial charge in [0.1, 0.15) is 0 Å². The minimum Gasteiger partial charge on any atom is -0.343 e. The molecule has 0 fully saturated rings. The molecule has 0 amide bonds. The van der Waals surface area contributed by atoms with E-state index < -0.39 is 0 Å². The molecule has 0 spiro atoms. The van der Waals surface area contributed by atoms with Crippen LogP contribution >= 0.6 is 0 Å². The third-order valence-electron chi connectivity index (χ3n) is 1.34. The molecular weight excluding hydrogens is 130 g/mol. The lowest BCUT2D eigenvalue weighted by Gasteiger charge is -2.24. The molecule has 0 saturated heterocycles. The average Bonchev–Trinajstić information content (AvgIpc) is 1.91. The second kappa shape index (κ2) is 5.65. The van der Waals surface area contributed by atoms with Crippen LogP contribution < -0.4 is 0 Å². The standard InChI is InChI=1S/C7H17NO2/c1-5-6-8(2)7(9-3)10-4/h7H,5-6H2,1-4H3. The Morgan fingerprint density at radius 1 is 1.30 bits per heavy atom. The number of nitrogens with zero attached hydrogens (tertiary/aromatic N) is 1. The molecule has 3 nitrogen and oxygen atoms in total. The number of rotatable bonds is 5. The average molecular weight is 147 g/mol. The monoisotopic (exact) mass is 147 g/mol. The van der Waals surface area contributed by atoms with Crippen molar-refractivity contribution in [2.45, 2.75) is 19.8 Å². The predicted molar refractivity (Wildman–Crippen MR) is 40.7 cm³/mol. The van der Waals surface area contributed by atoms with E-state index in [0.717, 1.165) is 13.0 Å². The van der Waals surface area contributed by atoms with Gasteiger partial charge >= 0.3 is 0 Å². The zero-order chi connectivity index (χ0) is 7.98. The van der Waals surface area contributed by atoms with Gasteiger partial charge in [0.05, 0.1) is 0 Å². The first-order valence-corrected chi connectivity index (χ1v) is 3.52. The maximum Gasteiger partial charge on any atom is 0.217 e. The number of ether oxygens (including phenoxy) is 2. The molecule has 0 bridgehead atoms. The van der Waals surface area contributed by atoms with Gasteiger partial charge in [-0.15, -0.1) is 0 Å². The molecule has 0 radical (unpaired) electrons. The van der Waals surface area contributed by atoms with Crippen LogP contribution in [0.2, 0.25) is 0 Å². The normalized spacial score (nSPS) is 11.4. The van der Waals surface area contributed by atoms with Gasteiger partial charge in [-0.2, -0.15) is 0 Å². The highest BCUT2D eigenvalue weighted by Gasteiger charge is 2.09. The fourth-order valence-electron chi connectivity index (χ4n) is 0.914. The van der Waals surface area contributed by atoms with Gasteiger partial charge in [-0.3, -0.25) is 4.90 Å². The van der Waals surface area contributed by atoms with E-state index in [1.54, 1.807) is 14.2 Å². The lowest BCUT2D eigenvalue weighted by atomic mass is 10.4. The third-order valence-corrected chi connectivity index (χ3v) is 1.34. The zero-order valence-electron chi connectivity index (χ0n) is 7.26. The van der Waals surface area contributed by atoms with E-state index in [4.69, 9.17) is 9.47 Å². The summed E-state index contributed by atoms with van der Waals surface area (Å²) in [6.07, 6.45) is 0.916. The molecule has 0 aromatic carbocycles. The Labute approximate surface area is 62.9 Å². The predicted octanol–water partition coefficient (Wildman–Crippen LogP) is 0.905. The summed E-state index contributed by atoms with van der Waals surface area (Å²) in [4.78, 5) is 2.01. The summed E-state index contributed by atoms with van der Waals surface area (Å²) in [6, 6.07) is 0. The summed E-state index contributed by atoms with van der Waals surface area (Å²) in [5, 5.41) is 0. The molecule has 0 aliphatic carbocycles. The zero-order valence-corrected chi connectivity index (χ0v) is 7.26. The van der Waals surface area contributed by atoms with Crippen LogP contribution in [-0.2, 0) is 9.47 Å². The van der Waals surface area contributed by atoms with E-state index >= 15 is 0 Å². The molecule has 10 heavy (non-hydrogen) atoms. The molecule has 62 valence electrons. The van der Waals surface area contributed by atoms with Crippen molar-refractivity contribution in [3.63, 3.8) is 0 Å². The van der Waals surface area contributed by atoms with Crippen molar-refractivity contribution in [2.75, 3.05) is 27.8 Å². The van der Waals surface area contributed by atoms with Gasteiger partial charge in [-0.25, -0.2) is 0 Å². The van der Waals surface area contributed by atoms with Crippen LogP contribution in [0.3, 0.4) is 0 Å². The first-order valence-electron chi connectivity index (χ1n) is 3.52. The van der Waals surface area contributed by atoms with Crippen molar-refractivity contribution in [3.05, 3.63) is 0 Å². The Balaban J connectivity index is 3.53. The number of methoxy groups -OCH3 is 2. The van der Waals surface area contributed by atoms with E-state index in [0.29, 0.717) is 0 Å². The van der Waals surface area contributed by atoms with Crippen molar-refractivity contribution in [1.29, 1.82) is 0 Å². The lowest BCUT2D eigenvalue weighted by Crippen LogP contribution is -2.35. The first-order chi connectivity index (χ1) is 4.76. The van der Waals surface area contributed by atoms with Gasteiger partial charge in [0, 0.05) is 20.8 Å². The largest absolute Gasteiger partial charge is 0.343 e. The van der Waals surface area contributed by atoms with Crippen molar-refractivity contribution in [1.82, 2.24) is 4.90 Å². The quantitative estimate of drug-likeness (QED) is 0.539. The van der Waals surface area contributed by atoms with Crippen molar-refractivity contribution in [3.8, 4) is 0 Å².